The molecule has 0 amide bonds. The lowest BCUT2D eigenvalue weighted by atomic mass is 9.84. The van der Waals surface area contributed by atoms with Crippen LogP contribution >= 0.6 is 0 Å². The summed E-state index contributed by atoms with van der Waals surface area (Å²) in [7, 11) is 0. The molecule has 174 valence electrons. The lowest BCUT2D eigenvalue weighted by molar-refractivity contribution is -0.0110. The van der Waals surface area contributed by atoms with E-state index in [1.807, 2.05) is 36.5 Å². The van der Waals surface area contributed by atoms with E-state index in [9.17, 15) is 10.2 Å². The molecule has 0 aromatic rings. The number of ether oxygens (including phenoxy) is 2. The van der Waals surface area contributed by atoms with Crippen molar-refractivity contribution >= 4 is 11.8 Å². The molecule has 0 saturated carbocycles. The van der Waals surface area contributed by atoms with Crippen molar-refractivity contribution < 1.29 is 19.7 Å². The van der Waals surface area contributed by atoms with Gasteiger partial charge in [0.1, 0.15) is 13.2 Å². The molecule has 0 saturated heterocycles. The van der Waals surface area contributed by atoms with Crippen LogP contribution in [0.2, 0.25) is 0 Å². The van der Waals surface area contributed by atoms with E-state index in [0.29, 0.717) is 25.0 Å². The van der Waals surface area contributed by atoms with Gasteiger partial charge < -0.3 is 19.7 Å². The second-order valence-electron chi connectivity index (χ2n) is 11.3. The monoisotopic (exact) mass is 440 g/mol. The summed E-state index contributed by atoms with van der Waals surface area (Å²) in [6, 6.07) is 0.143. The third-order valence-electron chi connectivity index (χ3n) is 6.79. The van der Waals surface area contributed by atoms with Crippen LogP contribution in [0.25, 0.3) is 0 Å². The molecule has 6 atom stereocenters. The Balaban J connectivity index is 1.48. The molecule has 4 rings (SSSR count). The first-order valence-corrected chi connectivity index (χ1v) is 11.5. The van der Waals surface area contributed by atoms with Gasteiger partial charge in [-0.1, -0.05) is 78.0 Å². The van der Waals surface area contributed by atoms with Crippen molar-refractivity contribution in [3.05, 3.63) is 47.6 Å². The van der Waals surface area contributed by atoms with Crippen LogP contribution < -0.4 is 0 Å². The van der Waals surface area contributed by atoms with Gasteiger partial charge in [-0.2, -0.15) is 0 Å². The molecular weight excluding hydrogens is 404 g/mol. The summed E-state index contributed by atoms with van der Waals surface area (Å²) in [4.78, 5) is 9.54. The van der Waals surface area contributed by atoms with E-state index < -0.39 is 12.2 Å². The number of rotatable bonds is 5. The highest BCUT2D eigenvalue weighted by atomic mass is 16.5. The van der Waals surface area contributed by atoms with Crippen LogP contribution in [-0.4, -0.2) is 59.5 Å². The molecule has 2 N–H and O–H groups in total. The van der Waals surface area contributed by atoms with Gasteiger partial charge >= 0.3 is 0 Å². The van der Waals surface area contributed by atoms with Gasteiger partial charge in [-0.05, 0) is 10.8 Å². The minimum atomic E-state index is -1.02. The van der Waals surface area contributed by atoms with Crippen molar-refractivity contribution in [2.45, 2.75) is 65.8 Å². The number of nitrogens with zero attached hydrogens (tertiary/aromatic N) is 2. The standard InChI is InChI=1S/C26H36N2O4/c1-25(2,3)19-13-31-23(27-19)17-11-7-9-15(17)21(29)22(30)16-10-8-12-18(16)24-28-20(14-32-24)26(4,5)6/h7-12,15-16,19-22,29-30H,13-14H2,1-6H3/t15?,16?,19-,20-,21-,22-/m1/s1. The summed E-state index contributed by atoms with van der Waals surface area (Å²) in [5.41, 5.74) is 1.64. The van der Waals surface area contributed by atoms with Crippen molar-refractivity contribution in [1.82, 2.24) is 0 Å². The second-order valence-corrected chi connectivity index (χ2v) is 11.3. The van der Waals surface area contributed by atoms with Gasteiger partial charge in [0.25, 0.3) is 0 Å². The average molecular weight is 441 g/mol. The minimum Gasteiger partial charge on any atom is -0.475 e. The van der Waals surface area contributed by atoms with Crippen molar-refractivity contribution in [2.24, 2.45) is 32.7 Å². The maximum Gasteiger partial charge on any atom is 0.213 e. The van der Waals surface area contributed by atoms with Gasteiger partial charge in [0.2, 0.25) is 11.8 Å². The maximum absolute atomic E-state index is 11.2. The molecule has 0 aromatic carbocycles. The molecule has 0 aromatic heterocycles. The Hall–Kier alpha value is -2.18. The predicted molar refractivity (Wildman–Crippen MR) is 127 cm³/mol. The SMILES string of the molecule is CC(C)(C)[C@H]1COC(C2=CC=CC2[C@@H](O)[C@H](O)C2C=CC=C2C2=N[C@@H](C(C)(C)C)CO2)=N1. The van der Waals surface area contributed by atoms with Gasteiger partial charge in [0.05, 0.1) is 24.3 Å². The maximum atomic E-state index is 11.2. The van der Waals surface area contributed by atoms with Crippen LogP contribution in [0.1, 0.15) is 41.5 Å². The number of aliphatic hydroxyl groups excluding tert-OH is 2. The highest BCUT2D eigenvalue weighted by molar-refractivity contribution is 5.97. The number of hydrogen-bond donors (Lipinski definition) is 2. The lowest BCUT2D eigenvalue weighted by Gasteiger charge is -2.29. The van der Waals surface area contributed by atoms with Gasteiger partial charge in [0.15, 0.2) is 0 Å². The van der Waals surface area contributed by atoms with E-state index in [4.69, 9.17) is 19.5 Å². The smallest absolute Gasteiger partial charge is 0.213 e. The van der Waals surface area contributed by atoms with Gasteiger partial charge in [-0.25, -0.2) is 9.98 Å². The van der Waals surface area contributed by atoms with Crippen LogP contribution in [0.3, 0.4) is 0 Å². The number of hydrogen-bond acceptors (Lipinski definition) is 6. The fraction of sp³-hybridized carbons (Fsp3) is 0.615. The van der Waals surface area contributed by atoms with Crippen LogP contribution in [0, 0.1) is 22.7 Å². The number of aliphatic hydroxyl groups is 2. The molecule has 6 heteroatoms. The molecule has 0 fully saturated rings. The van der Waals surface area contributed by atoms with Crippen molar-refractivity contribution in [3.63, 3.8) is 0 Å². The highest BCUT2D eigenvalue weighted by Gasteiger charge is 2.41. The normalized spacial score (nSPS) is 31.6. The van der Waals surface area contributed by atoms with E-state index in [-0.39, 0.29) is 34.7 Å². The van der Waals surface area contributed by atoms with Crippen LogP contribution in [0.15, 0.2) is 57.6 Å². The zero-order chi connectivity index (χ0) is 23.3. The Bertz CT molecular complexity index is 850. The van der Waals surface area contributed by atoms with E-state index in [1.54, 1.807) is 0 Å². The largest absolute Gasteiger partial charge is 0.475 e. The molecule has 2 aliphatic heterocycles. The van der Waals surface area contributed by atoms with Crippen molar-refractivity contribution in [2.75, 3.05) is 13.2 Å². The first-order valence-electron chi connectivity index (χ1n) is 11.5. The number of allylic oxidation sites excluding steroid dienone is 4. The van der Waals surface area contributed by atoms with E-state index in [0.717, 1.165) is 11.1 Å². The second kappa shape index (κ2) is 8.31. The molecule has 2 unspecified atom stereocenters. The first-order chi connectivity index (χ1) is 15.0. The lowest BCUT2D eigenvalue weighted by Crippen LogP contribution is -2.40. The fourth-order valence-electron chi connectivity index (χ4n) is 4.39. The van der Waals surface area contributed by atoms with E-state index >= 15 is 0 Å². The van der Waals surface area contributed by atoms with Crippen LogP contribution in [0.5, 0.6) is 0 Å². The zero-order valence-corrected chi connectivity index (χ0v) is 19.9. The average Bonchev–Trinajstić information content (AvgIpc) is 3.50. The molecule has 6 nitrogen and oxygen atoms in total. The molecule has 0 spiro atoms. The minimum absolute atomic E-state index is 0.00320. The molecule has 0 radical (unpaired) electrons. The Kier molecular flexibility index (Phi) is 5.97. The first kappa shape index (κ1) is 23.0. The van der Waals surface area contributed by atoms with E-state index in [2.05, 4.69) is 41.5 Å². The van der Waals surface area contributed by atoms with Gasteiger partial charge in [-0.15, -0.1) is 0 Å². The third-order valence-corrected chi connectivity index (χ3v) is 6.79. The van der Waals surface area contributed by atoms with Crippen molar-refractivity contribution in [1.29, 1.82) is 0 Å². The molecule has 32 heavy (non-hydrogen) atoms. The van der Waals surface area contributed by atoms with E-state index in [1.165, 1.54) is 0 Å². The molecule has 2 aliphatic carbocycles. The zero-order valence-electron chi connectivity index (χ0n) is 19.9. The Morgan fingerprint density at radius 2 is 1.12 bits per heavy atom. The van der Waals surface area contributed by atoms with Gasteiger partial charge in [0, 0.05) is 23.0 Å². The fourth-order valence-corrected chi connectivity index (χ4v) is 4.39. The molecule has 0 bridgehead atoms. The Morgan fingerprint density at radius 3 is 1.44 bits per heavy atom. The summed E-state index contributed by atoms with van der Waals surface area (Å²) >= 11 is 0. The summed E-state index contributed by atoms with van der Waals surface area (Å²) in [6.07, 6.45) is 9.40. The summed E-state index contributed by atoms with van der Waals surface area (Å²) in [5, 5.41) is 22.4. The molecule has 2 heterocycles. The third kappa shape index (κ3) is 4.35. The van der Waals surface area contributed by atoms with Crippen molar-refractivity contribution in [3.8, 4) is 0 Å². The summed E-state index contributed by atoms with van der Waals surface area (Å²) in [5.74, 6) is 0.374. The topological polar surface area (TPSA) is 83.6 Å². The summed E-state index contributed by atoms with van der Waals surface area (Å²) < 4.78 is 11.8. The highest BCUT2D eigenvalue weighted by Crippen LogP contribution is 2.37. The predicted octanol–water partition coefficient (Wildman–Crippen LogP) is 3.62. The summed E-state index contributed by atoms with van der Waals surface area (Å²) in [6.45, 7) is 13.9. The Labute approximate surface area is 191 Å². The van der Waals surface area contributed by atoms with Crippen LogP contribution in [0.4, 0.5) is 0 Å². The number of aliphatic imine (C=N–C) groups is 2. The van der Waals surface area contributed by atoms with Crippen LogP contribution in [-0.2, 0) is 9.47 Å². The Morgan fingerprint density at radius 1 is 0.750 bits per heavy atom. The quantitative estimate of drug-likeness (QED) is 0.684. The van der Waals surface area contributed by atoms with Gasteiger partial charge in [-0.3, -0.25) is 0 Å². The molecule has 4 aliphatic rings. The molecular formula is C26H36N2O4.